The van der Waals surface area contributed by atoms with Crippen LogP contribution in [-0.2, 0) is 9.84 Å². The van der Waals surface area contributed by atoms with Gasteiger partial charge in [0.1, 0.15) is 0 Å². The Morgan fingerprint density at radius 2 is 1.39 bits per heavy atom. The summed E-state index contributed by atoms with van der Waals surface area (Å²) in [6.45, 7) is 0. The van der Waals surface area contributed by atoms with Gasteiger partial charge in [0, 0.05) is 5.41 Å². The molecule has 0 fully saturated rings. The lowest BCUT2D eigenvalue weighted by atomic mass is 10.2. The predicted octanol–water partition coefficient (Wildman–Crippen LogP) is 1.82. The van der Waals surface area contributed by atoms with Crippen molar-refractivity contribution >= 4 is 15.6 Å². The van der Waals surface area contributed by atoms with Crippen LogP contribution >= 0.6 is 0 Å². The van der Waals surface area contributed by atoms with Crippen LogP contribution in [-0.4, -0.2) is 8.42 Å². The smallest absolute Gasteiger partial charge is 0.199 e. The van der Waals surface area contributed by atoms with Crippen LogP contribution in [0, 0.1) is 0 Å². The molecule has 0 radical (unpaired) electrons. The van der Waals surface area contributed by atoms with Crippen LogP contribution in [0.25, 0.3) is 5.76 Å². The van der Waals surface area contributed by atoms with Crippen LogP contribution in [0.2, 0.25) is 0 Å². The Bertz CT molecular complexity index is 644. The molecular formula is C14H11O3S-. The third kappa shape index (κ3) is 2.78. The average molecular weight is 259 g/mol. The van der Waals surface area contributed by atoms with Gasteiger partial charge in [-0.3, -0.25) is 0 Å². The van der Waals surface area contributed by atoms with Crippen LogP contribution in [0.3, 0.4) is 0 Å². The molecule has 0 saturated carbocycles. The lowest BCUT2D eigenvalue weighted by molar-refractivity contribution is -0.243. The Kier molecular flexibility index (Phi) is 3.48. The van der Waals surface area contributed by atoms with Gasteiger partial charge < -0.3 is 5.11 Å². The molecule has 0 N–H and O–H groups in total. The van der Waals surface area contributed by atoms with Crippen molar-refractivity contribution in [3.8, 4) is 0 Å². The molecule has 0 heterocycles. The highest BCUT2D eigenvalue weighted by atomic mass is 32.2. The first-order valence-electron chi connectivity index (χ1n) is 5.34. The minimum atomic E-state index is -3.68. The van der Waals surface area contributed by atoms with Crippen molar-refractivity contribution in [3.05, 3.63) is 71.6 Å². The molecule has 0 aliphatic rings. The fraction of sp³-hybridized carbons (Fsp3) is 0. The normalized spacial score (nSPS) is 12.3. The monoisotopic (exact) mass is 259 g/mol. The van der Waals surface area contributed by atoms with Crippen LogP contribution in [0.1, 0.15) is 5.56 Å². The summed E-state index contributed by atoms with van der Waals surface area (Å²) < 4.78 is 23.9. The second-order valence-electron chi connectivity index (χ2n) is 3.71. The standard InChI is InChI=1S/C14H12O3S/c15-14(12-7-3-1-4-8-12)11-18(16,17)13-9-5-2-6-10-13/h1-11,15H/p-1/b14-11-. The zero-order valence-corrected chi connectivity index (χ0v) is 10.3. The number of benzene rings is 2. The lowest BCUT2D eigenvalue weighted by Gasteiger charge is -2.12. The topological polar surface area (TPSA) is 57.2 Å². The summed E-state index contributed by atoms with van der Waals surface area (Å²) in [4.78, 5) is 0.120. The van der Waals surface area contributed by atoms with Crippen LogP contribution < -0.4 is 5.11 Å². The van der Waals surface area contributed by atoms with Crippen LogP contribution in [0.5, 0.6) is 0 Å². The zero-order chi connectivity index (χ0) is 13.0. The molecule has 0 saturated heterocycles. The first-order valence-corrected chi connectivity index (χ1v) is 6.88. The van der Waals surface area contributed by atoms with E-state index in [1.165, 1.54) is 12.1 Å². The minimum Gasteiger partial charge on any atom is -0.872 e. The second-order valence-corrected chi connectivity index (χ2v) is 5.50. The number of hydrogen-bond donors (Lipinski definition) is 0. The predicted molar refractivity (Wildman–Crippen MR) is 68.0 cm³/mol. The Labute approximate surface area is 106 Å². The van der Waals surface area contributed by atoms with Gasteiger partial charge >= 0.3 is 0 Å². The van der Waals surface area contributed by atoms with E-state index < -0.39 is 15.6 Å². The van der Waals surface area contributed by atoms with Gasteiger partial charge in [-0.15, -0.1) is 0 Å². The van der Waals surface area contributed by atoms with Crippen molar-refractivity contribution < 1.29 is 13.5 Å². The van der Waals surface area contributed by atoms with E-state index in [2.05, 4.69) is 0 Å². The van der Waals surface area contributed by atoms with Gasteiger partial charge in [0.15, 0.2) is 9.84 Å². The molecule has 0 aromatic heterocycles. The maximum absolute atomic E-state index is 11.9. The number of hydrogen-bond acceptors (Lipinski definition) is 3. The van der Waals surface area contributed by atoms with Gasteiger partial charge in [-0.2, -0.15) is 0 Å². The summed E-state index contributed by atoms with van der Waals surface area (Å²) in [6, 6.07) is 16.2. The minimum absolute atomic E-state index is 0.120. The van der Waals surface area contributed by atoms with E-state index in [9.17, 15) is 13.5 Å². The molecule has 0 aliphatic carbocycles. The highest BCUT2D eigenvalue weighted by Crippen LogP contribution is 2.16. The molecule has 2 aromatic rings. The summed E-state index contributed by atoms with van der Waals surface area (Å²) in [7, 11) is -3.68. The van der Waals surface area contributed by atoms with Gasteiger partial charge in [-0.25, -0.2) is 8.42 Å². The zero-order valence-electron chi connectivity index (χ0n) is 9.48. The quantitative estimate of drug-likeness (QED) is 0.790. The fourth-order valence-electron chi connectivity index (χ4n) is 1.49. The van der Waals surface area contributed by atoms with Crippen molar-refractivity contribution in [1.82, 2.24) is 0 Å². The van der Waals surface area contributed by atoms with Gasteiger partial charge in [-0.1, -0.05) is 54.3 Å². The third-order valence-electron chi connectivity index (χ3n) is 2.39. The third-order valence-corrected chi connectivity index (χ3v) is 3.85. The molecule has 18 heavy (non-hydrogen) atoms. The molecule has 3 nitrogen and oxygen atoms in total. The summed E-state index contributed by atoms with van der Waals surface area (Å²) in [5, 5.41) is 12.6. The molecule has 0 unspecified atom stereocenters. The molecule has 0 aliphatic heterocycles. The molecular weight excluding hydrogens is 248 g/mol. The van der Waals surface area contributed by atoms with Crippen molar-refractivity contribution in [2.24, 2.45) is 0 Å². The van der Waals surface area contributed by atoms with E-state index in [1.807, 2.05) is 0 Å². The molecule has 2 rings (SSSR count). The summed E-state index contributed by atoms with van der Waals surface area (Å²) in [5.74, 6) is -0.514. The largest absolute Gasteiger partial charge is 0.872 e. The van der Waals surface area contributed by atoms with Gasteiger partial charge in [0.25, 0.3) is 0 Å². The van der Waals surface area contributed by atoms with E-state index >= 15 is 0 Å². The fourth-order valence-corrected chi connectivity index (χ4v) is 2.58. The number of rotatable bonds is 3. The van der Waals surface area contributed by atoms with Crippen LogP contribution in [0.4, 0.5) is 0 Å². The van der Waals surface area contributed by atoms with Crippen molar-refractivity contribution in [2.75, 3.05) is 0 Å². The Hall–Kier alpha value is -2.07. The highest BCUT2D eigenvalue weighted by molar-refractivity contribution is 7.94. The van der Waals surface area contributed by atoms with Crippen molar-refractivity contribution in [3.63, 3.8) is 0 Å². The first-order chi connectivity index (χ1) is 8.59. The Morgan fingerprint density at radius 1 is 0.889 bits per heavy atom. The SMILES string of the molecule is O=S(=O)(/C=C(\[O-])c1ccccc1)c1ccccc1. The van der Waals surface area contributed by atoms with E-state index in [0.717, 1.165) is 5.41 Å². The molecule has 4 heteroatoms. The number of sulfone groups is 1. The second kappa shape index (κ2) is 5.06. The maximum atomic E-state index is 11.9. The van der Waals surface area contributed by atoms with E-state index in [0.29, 0.717) is 5.56 Å². The molecule has 0 atom stereocenters. The van der Waals surface area contributed by atoms with Crippen molar-refractivity contribution in [2.45, 2.75) is 4.90 Å². The average Bonchev–Trinajstić information content (AvgIpc) is 2.40. The summed E-state index contributed by atoms with van der Waals surface area (Å²) in [5.41, 5.74) is 0.358. The summed E-state index contributed by atoms with van der Waals surface area (Å²) >= 11 is 0. The first kappa shape index (κ1) is 12.4. The highest BCUT2D eigenvalue weighted by Gasteiger charge is 2.09. The molecule has 2 aromatic carbocycles. The molecule has 0 spiro atoms. The molecule has 0 bridgehead atoms. The Morgan fingerprint density at radius 3 is 1.94 bits per heavy atom. The molecule has 92 valence electrons. The van der Waals surface area contributed by atoms with E-state index in [4.69, 9.17) is 0 Å². The maximum Gasteiger partial charge on any atom is 0.199 e. The van der Waals surface area contributed by atoms with Gasteiger partial charge in [-0.05, 0) is 17.7 Å². The van der Waals surface area contributed by atoms with E-state index in [1.54, 1.807) is 48.5 Å². The lowest BCUT2D eigenvalue weighted by Crippen LogP contribution is -2.06. The Balaban J connectivity index is 2.39. The molecule has 0 amide bonds. The summed E-state index contributed by atoms with van der Waals surface area (Å²) in [6.07, 6.45) is 0. The van der Waals surface area contributed by atoms with Gasteiger partial charge in [0.2, 0.25) is 0 Å². The van der Waals surface area contributed by atoms with E-state index in [-0.39, 0.29) is 4.90 Å². The van der Waals surface area contributed by atoms with Gasteiger partial charge in [0.05, 0.1) is 4.90 Å². The van der Waals surface area contributed by atoms with Crippen LogP contribution in [0.15, 0.2) is 71.0 Å². The van der Waals surface area contributed by atoms with Crippen molar-refractivity contribution in [1.29, 1.82) is 0 Å².